The van der Waals surface area contributed by atoms with E-state index in [-0.39, 0.29) is 47.4 Å². The maximum atomic E-state index is 15.7. The predicted molar refractivity (Wildman–Crippen MR) is 154 cm³/mol. The van der Waals surface area contributed by atoms with E-state index in [0.717, 1.165) is 0 Å². The average molecular weight is 625 g/mol. The second-order valence-electron chi connectivity index (χ2n) is 11.5. The summed E-state index contributed by atoms with van der Waals surface area (Å²) in [6, 6.07) is 7.02. The number of para-hydroxylation sites is 1. The lowest BCUT2D eigenvalue weighted by molar-refractivity contribution is -0.148. The SMILES string of the molecule is CCOc1nc(N)nc2c1ncn2C1OC(COP(=O)(NC(C)C(=O)OCC(C)(C)C)Oc2ccccc2)C(F)C1(C)O. The molecule has 1 fully saturated rings. The third-order valence-electron chi connectivity index (χ3n) is 6.36. The van der Waals surface area contributed by atoms with Crippen LogP contribution in [0.4, 0.5) is 10.3 Å². The van der Waals surface area contributed by atoms with Crippen LogP contribution in [0, 0.1) is 5.41 Å². The third-order valence-corrected chi connectivity index (χ3v) is 8.00. The molecule has 4 rings (SSSR count). The number of anilines is 1. The number of hydrogen-bond donors (Lipinski definition) is 3. The fraction of sp³-hybridized carbons (Fsp3) is 0.556. The van der Waals surface area contributed by atoms with Crippen molar-refractivity contribution in [3.8, 4) is 11.6 Å². The average Bonchev–Trinajstić information content (AvgIpc) is 3.44. The van der Waals surface area contributed by atoms with Gasteiger partial charge in [0.15, 0.2) is 23.6 Å². The van der Waals surface area contributed by atoms with E-state index in [1.54, 1.807) is 37.3 Å². The summed E-state index contributed by atoms with van der Waals surface area (Å²) >= 11 is 0. The van der Waals surface area contributed by atoms with Gasteiger partial charge in [0.2, 0.25) is 11.8 Å². The van der Waals surface area contributed by atoms with E-state index < -0.39 is 50.5 Å². The summed E-state index contributed by atoms with van der Waals surface area (Å²) in [4.78, 5) is 25.1. The first-order chi connectivity index (χ1) is 20.1. The van der Waals surface area contributed by atoms with Gasteiger partial charge in [0.25, 0.3) is 0 Å². The van der Waals surface area contributed by atoms with Gasteiger partial charge < -0.3 is 29.6 Å². The van der Waals surface area contributed by atoms with Gasteiger partial charge in [-0.25, -0.2) is 13.9 Å². The zero-order chi connectivity index (χ0) is 31.6. The lowest BCUT2D eigenvalue weighted by Crippen LogP contribution is -2.42. The van der Waals surface area contributed by atoms with Crippen LogP contribution in [0.2, 0.25) is 0 Å². The van der Waals surface area contributed by atoms with Crippen molar-refractivity contribution in [1.29, 1.82) is 0 Å². The lowest BCUT2D eigenvalue weighted by Gasteiger charge is -2.26. The van der Waals surface area contributed by atoms with E-state index in [9.17, 15) is 14.5 Å². The van der Waals surface area contributed by atoms with Crippen molar-refractivity contribution < 1.29 is 42.1 Å². The molecule has 1 aromatic carbocycles. The van der Waals surface area contributed by atoms with Crippen LogP contribution in [0.5, 0.6) is 11.6 Å². The Balaban J connectivity index is 1.54. The number of ether oxygens (including phenoxy) is 3. The summed E-state index contributed by atoms with van der Waals surface area (Å²) in [6.45, 7) is 9.93. The zero-order valence-electron chi connectivity index (χ0n) is 24.9. The number of esters is 1. The normalized spacial score (nSPS) is 24.4. The molecule has 16 heteroatoms. The minimum atomic E-state index is -4.33. The molecule has 0 aliphatic carbocycles. The molecule has 3 heterocycles. The molecule has 1 aliphatic heterocycles. The van der Waals surface area contributed by atoms with Gasteiger partial charge in [0.05, 0.1) is 26.1 Å². The lowest BCUT2D eigenvalue weighted by atomic mass is 9.98. The van der Waals surface area contributed by atoms with E-state index in [0.29, 0.717) is 0 Å². The van der Waals surface area contributed by atoms with Gasteiger partial charge in [-0.2, -0.15) is 15.1 Å². The number of benzene rings is 1. The van der Waals surface area contributed by atoms with E-state index in [4.69, 9.17) is 29.0 Å². The molecule has 0 saturated carbocycles. The van der Waals surface area contributed by atoms with E-state index in [1.165, 1.54) is 24.7 Å². The highest BCUT2D eigenvalue weighted by Crippen LogP contribution is 2.48. The number of aliphatic hydroxyl groups is 1. The van der Waals surface area contributed by atoms with Crippen LogP contribution >= 0.6 is 7.75 Å². The van der Waals surface area contributed by atoms with Gasteiger partial charge in [-0.1, -0.05) is 39.0 Å². The standard InChI is InChI=1S/C27H38FN6O8P/c1-7-38-22-19-21(31-25(29)32-22)34(15-30-19)24-27(6,36)20(28)18(41-24)13-40-43(37,42-17-11-9-8-10-12-17)33-16(2)23(35)39-14-26(3,4)5/h8-12,15-16,18,20,24,36H,7,13-14H2,1-6H3,(H,33,37)(H2,29,31,32). The Morgan fingerprint density at radius 1 is 1.30 bits per heavy atom. The van der Waals surface area contributed by atoms with Crippen molar-refractivity contribution in [1.82, 2.24) is 24.6 Å². The highest BCUT2D eigenvalue weighted by atomic mass is 31.2. The number of fused-ring (bicyclic) bond motifs is 1. The van der Waals surface area contributed by atoms with Crippen molar-refractivity contribution in [2.75, 3.05) is 25.6 Å². The van der Waals surface area contributed by atoms with Gasteiger partial charge in [-0.3, -0.25) is 13.9 Å². The summed E-state index contributed by atoms with van der Waals surface area (Å²) in [5.41, 5.74) is 3.84. The zero-order valence-corrected chi connectivity index (χ0v) is 25.8. The first-order valence-electron chi connectivity index (χ1n) is 13.7. The Bertz CT molecular complexity index is 1470. The summed E-state index contributed by atoms with van der Waals surface area (Å²) in [5.74, 6) is -0.501. The number of nitrogens with zero attached hydrogens (tertiary/aromatic N) is 4. The number of rotatable bonds is 12. The molecule has 236 valence electrons. The molecule has 4 N–H and O–H groups in total. The number of aromatic nitrogens is 4. The van der Waals surface area contributed by atoms with Crippen molar-refractivity contribution in [2.45, 2.75) is 71.7 Å². The van der Waals surface area contributed by atoms with Gasteiger partial charge >= 0.3 is 13.7 Å². The number of halogens is 1. The van der Waals surface area contributed by atoms with Gasteiger partial charge in [0, 0.05) is 0 Å². The predicted octanol–water partition coefficient (Wildman–Crippen LogP) is 3.56. The van der Waals surface area contributed by atoms with Gasteiger partial charge in [-0.05, 0) is 38.3 Å². The van der Waals surface area contributed by atoms with Crippen LogP contribution in [0.15, 0.2) is 36.7 Å². The smallest absolute Gasteiger partial charge is 0.459 e. The summed E-state index contributed by atoms with van der Waals surface area (Å²) in [6.07, 6.45) is -3.47. The minimum Gasteiger partial charge on any atom is -0.476 e. The Labute approximate surface area is 248 Å². The molecule has 43 heavy (non-hydrogen) atoms. The number of nitrogen functional groups attached to an aromatic ring is 1. The number of hydrogen-bond acceptors (Lipinski definition) is 12. The van der Waals surface area contributed by atoms with Crippen LogP contribution < -0.4 is 20.1 Å². The fourth-order valence-corrected chi connectivity index (χ4v) is 5.76. The molecule has 1 saturated heterocycles. The van der Waals surface area contributed by atoms with Crippen molar-refractivity contribution in [3.63, 3.8) is 0 Å². The number of carbonyl (C=O) groups excluding carboxylic acids is 1. The highest BCUT2D eigenvalue weighted by Gasteiger charge is 2.55. The third kappa shape index (κ3) is 7.60. The van der Waals surface area contributed by atoms with Crippen LogP contribution in [0.1, 0.15) is 47.8 Å². The number of nitrogens with one attached hydrogen (secondary N) is 1. The molecule has 3 aromatic rings. The topological polar surface area (TPSA) is 182 Å². The molecule has 0 bridgehead atoms. The highest BCUT2D eigenvalue weighted by molar-refractivity contribution is 7.52. The minimum absolute atomic E-state index is 0.118. The molecular formula is C27H38FN6O8P. The van der Waals surface area contributed by atoms with Crippen molar-refractivity contribution >= 4 is 30.8 Å². The van der Waals surface area contributed by atoms with E-state index >= 15 is 4.39 Å². The first-order valence-corrected chi connectivity index (χ1v) is 15.3. The molecule has 0 spiro atoms. The van der Waals surface area contributed by atoms with Gasteiger partial charge in [0.1, 0.15) is 23.5 Å². The van der Waals surface area contributed by atoms with Crippen LogP contribution in [-0.4, -0.2) is 74.3 Å². The van der Waals surface area contributed by atoms with Gasteiger partial charge in [-0.15, -0.1) is 0 Å². The van der Waals surface area contributed by atoms with Crippen LogP contribution in [0.3, 0.4) is 0 Å². The molecule has 6 unspecified atom stereocenters. The summed E-state index contributed by atoms with van der Waals surface area (Å²) < 4.78 is 58.8. The maximum absolute atomic E-state index is 15.7. The molecule has 2 aromatic heterocycles. The fourth-order valence-electron chi connectivity index (χ4n) is 4.26. The van der Waals surface area contributed by atoms with Crippen LogP contribution in [0.25, 0.3) is 11.2 Å². The Hall–Kier alpha value is -3.36. The molecule has 14 nitrogen and oxygen atoms in total. The monoisotopic (exact) mass is 624 g/mol. The summed E-state index contributed by atoms with van der Waals surface area (Å²) in [7, 11) is -4.33. The Morgan fingerprint density at radius 2 is 2.00 bits per heavy atom. The van der Waals surface area contributed by atoms with Crippen LogP contribution in [-0.2, 0) is 23.4 Å². The molecule has 0 radical (unpaired) electrons. The Kier molecular flexibility index (Phi) is 9.62. The summed E-state index contributed by atoms with van der Waals surface area (Å²) in [5, 5.41) is 13.7. The number of alkyl halides is 1. The quantitative estimate of drug-likeness (QED) is 0.197. The maximum Gasteiger partial charge on any atom is 0.459 e. The molecular weight excluding hydrogens is 586 g/mol. The molecule has 0 amide bonds. The Morgan fingerprint density at radius 3 is 2.65 bits per heavy atom. The van der Waals surface area contributed by atoms with E-state index in [1.807, 2.05) is 20.8 Å². The van der Waals surface area contributed by atoms with Crippen molar-refractivity contribution in [2.24, 2.45) is 5.41 Å². The second kappa shape index (κ2) is 12.7. The first kappa shape index (κ1) is 32.6. The second-order valence-corrected chi connectivity index (χ2v) is 13.2. The number of carbonyl (C=O) groups is 1. The number of imidazole rings is 1. The van der Waals surface area contributed by atoms with Crippen molar-refractivity contribution in [3.05, 3.63) is 36.7 Å². The number of nitrogens with two attached hydrogens (primary N) is 1. The van der Waals surface area contributed by atoms with E-state index in [2.05, 4.69) is 20.0 Å². The molecule has 1 aliphatic rings. The largest absolute Gasteiger partial charge is 0.476 e. The molecule has 6 atom stereocenters.